The summed E-state index contributed by atoms with van der Waals surface area (Å²) in [5.41, 5.74) is 0.840. The molecule has 0 saturated heterocycles. The van der Waals surface area contributed by atoms with Crippen molar-refractivity contribution in [2.75, 3.05) is 13.7 Å². The van der Waals surface area contributed by atoms with Gasteiger partial charge in [0.05, 0.1) is 13.7 Å². The molecule has 1 amide bonds. The molecule has 1 N–H and O–H groups in total. The number of carbonyl (C=O) groups excluding carboxylic acids is 3. The second-order valence-corrected chi connectivity index (χ2v) is 3.96. The van der Waals surface area contributed by atoms with Crippen LogP contribution in [0.5, 0.6) is 0 Å². The molecule has 0 bridgehead atoms. The topological polar surface area (TPSA) is 81.7 Å². The molecule has 1 unspecified atom stereocenters. The number of rotatable bonds is 5. The van der Waals surface area contributed by atoms with E-state index in [0.29, 0.717) is 0 Å². The van der Waals surface area contributed by atoms with Crippen molar-refractivity contribution in [3.63, 3.8) is 0 Å². The van der Waals surface area contributed by atoms with Crippen molar-refractivity contribution in [1.29, 1.82) is 0 Å². The predicted octanol–water partition coefficient (Wildman–Crippen LogP) is 0.450. The van der Waals surface area contributed by atoms with Crippen LogP contribution in [0.2, 0.25) is 0 Å². The van der Waals surface area contributed by atoms with E-state index in [2.05, 4.69) is 14.8 Å². The molecule has 1 aromatic rings. The Kier molecular flexibility index (Phi) is 6.22. The molecule has 0 spiro atoms. The molecule has 0 radical (unpaired) electrons. The summed E-state index contributed by atoms with van der Waals surface area (Å²) in [6, 6.07) is 8.17. The van der Waals surface area contributed by atoms with Gasteiger partial charge in [0.25, 0.3) is 0 Å². The van der Waals surface area contributed by atoms with Gasteiger partial charge in [-0.15, -0.1) is 0 Å². The van der Waals surface area contributed by atoms with Crippen LogP contribution in [0.4, 0.5) is 0 Å². The van der Waals surface area contributed by atoms with Crippen molar-refractivity contribution in [2.24, 2.45) is 0 Å². The van der Waals surface area contributed by atoms with Gasteiger partial charge >= 0.3 is 17.8 Å². The monoisotopic (exact) mass is 279 g/mol. The van der Waals surface area contributed by atoms with E-state index < -0.39 is 23.9 Å². The number of hydrogen-bond donors (Lipinski definition) is 1. The van der Waals surface area contributed by atoms with Crippen LogP contribution in [0.1, 0.15) is 12.5 Å². The third kappa shape index (κ3) is 4.72. The zero-order chi connectivity index (χ0) is 15.0. The number of carbonyl (C=O) groups is 3. The van der Waals surface area contributed by atoms with E-state index in [-0.39, 0.29) is 13.0 Å². The molecule has 0 heterocycles. The molecule has 0 aliphatic carbocycles. The zero-order valence-corrected chi connectivity index (χ0v) is 11.4. The van der Waals surface area contributed by atoms with Crippen LogP contribution in [0, 0.1) is 0 Å². The Morgan fingerprint density at radius 2 is 1.85 bits per heavy atom. The molecule has 0 aromatic heterocycles. The van der Waals surface area contributed by atoms with Gasteiger partial charge in [0.2, 0.25) is 0 Å². The highest BCUT2D eigenvalue weighted by Gasteiger charge is 2.25. The Bertz CT molecular complexity index is 472. The Morgan fingerprint density at radius 1 is 1.20 bits per heavy atom. The van der Waals surface area contributed by atoms with E-state index in [1.807, 2.05) is 30.3 Å². The van der Waals surface area contributed by atoms with Gasteiger partial charge in [-0.1, -0.05) is 30.3 Å². The van der Waals surface area contributed by atoms with Crippen molar-refractivity contribution in [3.8, 4) is 0 Å². The number of methoxy groups -OCH3 is 1. The van der Waals surface area contributed by atoms with Gasteiger partial charge in [-0.3, -0.25) is 4.79 Å². The smallest absolute Gasteiger partial charge is 0.396 e. The number of hydrogen-bond acceptors (Lipinski definition) is 5. The Morgan fingerprint density at radius 3 is 2.40 bits per heavy atom. The molecule has 6 nitrogen and oxygen atoms in total. The number of nitrogens with one attached hydrogen (secondary N) is 1. The average Bonchev–Trinajstić information content (AvgIpc) is 2.47. The predicted molar refractivity (Wildman–Crippen MR) is 70.7 cm³/mol. The first-order valence-corrected chi connectivity index (χ1v) is 6.17. The summed E-state index contributed by atoms with van der Waals surface area (Å²) in [6.45, 7) is 1.68. The summed E-state index contributed by atoms with van der Waals surface area (Å²) in [5.74, 6) is -2.60. The number of ether oxygens (including phenoxy) is 2. The summed E-state index contributed by atoms with van der Waals surface area (Å²) in [6.07, 6.45) is 0.235. The second-order valence-electron chi connectivity index (χ2n) is 3.96. The maximum atomic E-state index is 11.6. The summed E-state index contributed by atoms with van der Waals surface area (Å²) >= 11 is 0. The number of esters is 2. The van der Waals surface area contributed by atoms with Crippen LogP contribution in [0.15, 0.2) is 30.3 Å². The third-order valence-corrected chi connectivity index (χ3v) is 2.53. The molecular weight excluding hydrogens is 262 g/mol. The lowest BCUT2D eigenvalue weighted by Gasteiger charge is -2.15. The number of benzene rings is 1. The minimum atomic E-state index is -1.02. The fourth-order valence-corrected chi connectivity index (χ4v) is 1.60. The first-order chi connectivity index (χ1) is 9.58. The molecule has 1 rings (SSSR count). The van der Waals surface area contributed by atoms with Crippen LogP contribution >= 0.6 is 0 Å². The molecule has 0 fully saturated rings. The summed E-state index contributed by atoms with van der Waals surface area (Å²) in [5, 5.41) is 2.31. The fourth-order valence-electron chi connectivity index (χ4n) is 1.60. The average molecular weight is 279 g/mol. The maximum absolute atomic E-state index is 11.6. The van der Waals surface area contributed by atoms with Crippen LogP contribution in [0.3, 0.4) is 0 Å². The fraction of sp³-hybridized carbons (Fsp3) is 0.357. The van der Waals surface area contributed by atoms with Crippen molar-refractivity contribution in [3.05, 3.63) is 35.9 Å². The lowest BCUT2D eigenvalue weighted by atomic mass is 10.1. The van der Waals surface area contributed by atoms with Gasteiger partial charge < -0.3 is 14.8 Å². The summed E-state index contributed by atoms with van der Waals surface area (Å²) < 4.78 is 9.18. The lowest BCUT2D eigenvalue weighted by molar-refractivity contribution is -0.156. The third-order valence-electron chi connectivity index (χ3n) is 2.53. The molecular formula is C14H17NO5. The molecule has 20 heavy (non-hydrogen) atoms. The summed E-state index contributed by atoms with van der Waals surface area (Å²) in [4.78, 5) is 34.5. The molecule has 0 aliphatic heterocycles. The van der Waals surface area contributed by atoms with Gasteiger partial charge in [-0.25, -0.2) is 9.59 Å². The first-order valence-electron chi connectivity index (χ1n) is 6.17. The highest BCUT2D eigenvalue weighted by Crippen LogP contribution is 2.04. The SMILES string of the molecule is CCOC(=O)C(=O)NC(Cc1ccccc1)C(=O)OC. The van der Waals surface area contributed by atoms with Crippen molar-refractivity contribution >= 4 is 17.8 Å². The molecule has 0 saturated carbocycles. The van der Waals surface area contributed by atoms with Gasteiger partial charge in [-0.2, -0.15) is 0 Å². The molecule has 0 aliphatic rings. The van der Waals surface area contributed by atoms with Crippen molar-refractivity contribution < 1.29 is 23.9 Å². The van der Waals surface area contributed by atoms with Crippen LogP contribution < -0.4 is 5.32 Å². The second kappa shape index (κ2) is 7.93. The lowest BCUT2D eigenvalue weighted by Crippen LogP contribution is -2.46. The zero-order valence-electron chi connectivity index (χ0n) is 11.4. The van der Waals surface area contributed by atoms with Gasteiger partial charge in [0.1, 0.15) is 6.04 Å². The highest BCUT2D eigenvalue weighted by atomic mass is 16.5. The van der Waals surface area contributed by atoms with Crippen LogP contribution in [0.25, 0.3) is 0 Å². The quantitative estimate of drug-likeness (QED) is 0.625. The Labute approximate surface area is 117 Å². The number of amides is 1. The van der Waals surface area contributed by atoms with Crippen LogP contribution in [-0.2, 0) is 30.3 Å². The van der Waals surface area contributed by atoms with E-state index >= 15 is 0 Å². The normalized spacial score (nSPS) is 11.3. The molecule has 1 atom stereocenters. The molecule has 6 heteroatoms. The first kappa shape index (κ1) is 15.7. The van der Waals surface area contributed by atoms with E-state index in [1.54, 1.807) is 6.92 Å². The van der Waals surface area contributed by atoms with Gasteiger partial charge in [0.15, 0.2) is 0 Å². The van der Waals surface area contributed by atoms with E-state index in [9.17, 15) is 14.4 Å². The van der Waals surface area contributed by atoms with Crippen LogP contribution in [-0.4, -0.2) is 37.6 Å². The summed E-state index contributed by atoms with van der Waals surface area (Å²) in [7, 11) is 1.22. The Hall–Kier alpha value is -2.37. The standard InChI is InChI=1S/C14H17NO5/c1-3-20-14(18)12(16)15-11(13(17)19-2)9-10-7-5-4-6-8-10/h4-8,11H,3,9H2,1-2H3,(H,15,16). The highest BCUT2D eigenvalue weighted by molar-refractivity contribution is 6.32. The van der Waals surface area contributed by atoms with Gasteiger partial charge in [0, 0.05) is 6.42 Å². The molecule has 1 aromatic carbocycles. The van der Waals surface area contributed by atoms with E-state index in [4.69, 9.17) is 0 Å². The molecule has 108 valence electrons. The minimum absolute atomic E-state index is 0.0911. The van der Waals surface area contributed by atoms with E-state index in [1.165, 1.54) is 7.11 Å². The maximum Gasteiger partial charge on any atom is 0.396 e. The Balaban J connectivity index is 2.73. The van der Waals surface area contributed by atoms with Crippen molar-refractivity contribution in [2.45, 2.75) is 19.4 Å². The van der Waals surface area contributed by atoms with Gasteiger partial charge in [-0.05, 0) is 12.5 Å². The van der Waals surface area contributed by atoms with E-state index in [0.717, 1.165) is 5.56 Å². The largest absolute Gasteiger partial charge is 0.467 e. The van der Waals surface area contributed by atoms with Crippen molar-refractivity contribution in [1.82, 2.24) is 5.32 Å². The minimum Gasteiger partial charge on any atom is -0.467 e.